The molecular formula is C43H56N4O10. The van der Waals surface area contributed by atoms with Gasteiger partial charge in [0.15, 0.2) is 5.75 Å². The molecule has 3 fully saturated rings. The molecule has 14 heteroatoms. The first-order valence-corrected chi connectivity index (χ1v) is 20.2. The minimum absolute atomic E-state index is 0.0289. The zero-order valence-electron chi connectivity index (χ0n) is 32.4. The van der Waals surface area contributed by atoms with Gasteiger partial charge in [0.25, 0.3) is 0 Å². The van der Waals surface area contributed by atoms with Crippen molar-refractivity contribution in [2.24, 2.45) is 35.5 Å². The lowest BCUT2D eigenvalue weighted by Gasteiger charge is -2.23. The second-order valence-electron chi connectivity index (χ2n) is 15.7. The quantitative estimate of drug-likeness (QED) is 0.0867. The summed E-state index contributed by atoms with van der Waals surface area (Å²) in [6.07, 6.45) is 5.05. The average molecular weight is 789 g/mol. The molecule has 0 radical (unpaired) electrons. The zero-order chi connectivity index (χ0) is 40.1. The Hall–Kier alpha value is -4.92. The Morgan fingerprint density at radius 3 is 1.67 bits per heavy atom. The molecule has 3 aliphatic rings. The smallest absolute Gasteiger partial charge is 0.307 e. The van der Waals surface area contributed by atoms with E-state index >= 15 is 0 Å². The molecule has 4 heterocycles. The first-order chi connectivity index (χ1) is 27.6. The number of carboxylic acids is 3. The highest BCUT2D eigenvalue weighted by Crippen LogP contribution is 2.28. The van der Waals surface area contributed by atoms with E-state index in [-0.39, 0.29) is 62.8 Å². The summed E-state index contributed by atoms with van der Waals surface area (Å²) in [5.41, 5.74) is 2.52. The standard InChI is InChI=1S/C43H56N4O10/c48-40(21-29-4-1-3-28(17-29)19-37(41(49)50)31-7-10-44-24-31)47(14-16-56-36-22-35(57-27-36)23-39(43(53)54)33-9-12-46-26-33)13-15-55-34-6-2-5-30(18-34)20-38(42(51)52)32-8-11-45-25-32/h1-6,17-18,22,27,31-33,37-39,44-46H,7-16,19-21,23-26H2,(H,49,50)(H,51,52)(H,53,54)/t31-,32-,33-,37-,38-,39-/m0/s1. The molecule has 3 saturated heterocycles. The lowest BCUT2D eigenvalue weighted by molar-refractivity contribution is -0.144. The number of aliphatic carboxylic acids is 3. The van der Waals surface area contributed by atoms with Crippen LogP contribution in [0.25, 0.3) is 0 Å². The molecule has 2 aromatic carbocycles. The van der Waals surface area contributed by atoms with Gasteiger partial charge in [-0.1, -0.05) is 36.4 Å². The lowest BCUT2D eigenvalue weighted by Crippen LogP contribution is -2.38. The van der Waals surface area contributed by atoms with Crippen molar-refractivity contribution in [3.63, 3.8) is 0 Å². The summed E-state index contributed by atoms with van der Waals surface area (Å²) in [5.74, 6) is -2.47. The molecule has 57 heavy (non-hydrogen) atoms. The highest BCUT2D eigenvalue weighted by atomic mass is 16.5. The molecule has 6 N–H and O–H groups in total. The molecule has 1 amide bonds. The summed E-state index contributed by atoms with van der Waals surface area (Å²) in [6.45, 7) is 5.29. The number of carbonyl (C=O) groups is 4. The van der Waals surface area contributed by atoms with Crippen LogP contribution < -0.4 is 25.4 Å². The second kappa shape index (κ2) is 20.5. The Morgan fingerprint density at radius 1 is 0.649 bits per heavy atom. The van der Waals surface area contributed by atoms with Crippen LogP contribution in [-0.2, 0) is 44.9 Å². The molecule has 6 atom stereocenters. The summed E-state index contributed by atoms with van der Waals surface area (Å²) in [5, 5.41) is 39.5. The summed E-state index contributed by atoms with van der Waals surface area (Å²) in [7, 11) is 0. The van der Waals surface area contributed by atoms with E-state index < -0.39 is 35.7 Å². The fraction of sp³-hybridized carbons (Fsp3) is 0.535. The van der Waals surface area contributed by atoms with Crippen LogP contribution >= 0.6 is 0 Å². The zero-order valence-corrected chi connectivity index (χ0v) is 32.4. The summed E-state index contributed by atoms with van der Waals surface area (Å²) in [4.78, 5) is 51.8. The molecule has 0 saturated carbocycles. The Kier molecular flexibility index (Phi) is 15.0. The number of amides is 1. The largest absolute Gasteiger partial charge is 0.492 e. The number of hydrogen-bond donors (Lipinski definition) is 6. The van der Waals surface area contributed by atoms with E-state index in [4.69, 9.17) is 13.9 Å². The number of hydrogen-bond acceptors (Lipinski definition) is 10. The number of rotatable bonds is 22. The second-order valence-corrected chi connectivity index (χ2v) is 15.7. The number of carboxylic acid groups (broad SMARTS) is 3. The van der Waals surface area contributed by atoms with Crippen molar-refractivity contribution in [2.75, 3.05) is 65.6 Å². The molecule has 3 aromatic rings. The Balaban J connectivity index is 1.08. The maximum Gasteiger partial charge on any atom is 0.307 e. The van der Waals surface area contributed by atoms with Gasteiger partial charge in [-0.25, -0.2) is 0 Å². The molecule has 0 unspecified atom stereocenters. The van der Waals surface area contributed by atoms with Gasteiger partial charge in [-0.2, -0.15) is 0 Å². The van der Waals surface area contributed by atoms with Crippen molar-refractivity contribution in [1.82, 2.24) is 20.9 Å². The van der Waals surface area contributed by atoms with Gasteiger partial charge in [0.2, 0.25) is 5.91 Å². The minimum Gasteiger partial charge on any atom is -0.492 e. The van der Waals surface area contributed by atoms with E-state index in [0.29, 0.717) is 49.7 Å². The van der Waals surface area contributed by atoms with Crippen LogP contribution in [0, 0.1) is 35.5 Å². The van der Waals surface area contributed by atoms with Crippen LogP contribution in [0.2, 0.25) is 0 Å². The molecule has 0 spiro atoms. The van der Waals surface area contributed by atoms with Crippen LogP contribution in [0.5, 0.6) is 11.5 Å². The third kappa shape index (κ3) is 12.0. The third-order valence-electron chi connectivity index (χ3n) is 11.8. The Morgan fingerprint density at radius 2 is 1.14 bits per heavy atom. The summed E-state index contributed by atoms with van der Waals surface area (Å²) in [6, 6.07) is 16.7. The van der Waals surface area contributed by atoms with Gasteiger partial charge in [0.1, 0.15) is 31.0 Å². The number of benzene rings is 2. The van der Waals surface area contributed by atoms with Crippen LogP contribution in [0.3, 0.4) is 0 Å². The predicted octanol–water partition coefficient (Wildman–Crippen LogP) is 3.37. The first kappa shape index (κ1) is 41.7. The van der Waals surface area contributed by atoms with Gasteiger partial charge in [-0.05, 0) is 118 Å². The molecule has 1 aromatic heterocycles. The van der Waals surface area contributed by atoms with E-state index in [1.54, 1.807) is 11.0 Å². The van der Waals surface area contributed by atoms with Crippen molar-refractivity contribution in [2.45, 2.75) is 44.9 Å². The van der Waals surface area contributed by atoms with Crippen LogP contribution in [-0.4, -0.2) is 110 Å². The first-order valence-electron chi connectivity index (χ1n) is 20.2. The molecule has 3 aliphatic heterocycles. The van der Waals surface area contributed by atoms with E-state index in [0.717, 1.165) is 55.6 Å². The van der Waals surface area contributed by atoms with Gasteiger partial charge < -0.3 is 50.1 Å². The lowest BCUT2D eigenvalue weighted by atomic mass is 9.86. The number of carbonyl (C=O) groups excluding carboxylic acids is 1. The molecule has 308 valence electrons. The van der Waals surface area contributed by atoms with Crippen molar-refractivity contribution in [3.05, 3.63) is 83.3 Å². The molecule has 6 rings (SSSR count). The molecular weight excluding hydrogens is 732 g/mol. The van der Waals surface area contributed by atoms with Gasteiger partial charge in [-0.3, -0.25) is 19.2 Å². The topological polar surface area (TPSA) is 200 Å². The highest BCUT2D eigenvalue weighted by Gasteiger charge is 2.33. The Labute approximate surface area is 333 Å². The number of nitrogens with zero attached hydrogens (tertiary/aromatic N) is 1. The van der Waals surface area contributed by atoms with Crippen molar-refractivity contribution in [3.8, 4) is 11.5 Å². The van der Waals surface area contributed by atoms with Gasteiger partial charge in [0.05, 0.1) is 37.3 Å². The molecule has 0 bridgehead atoms. The summed E-state index contributed by atoms with van der Waals surface area (Å²) < 4.78 is 17.8. The van der Waals surface area contributed by atoms with E-state index in [1.807, 2.05) is 48.5 Å². The van der Waals surface area contributed by atoms with Crippen LogP contribution in [0.4, 0.5) is 0 Å². The fourth-order valence-electron chi connectivity index (χ4n) is 8.52. The predicted molar refractivity (Wildman–Crippen MR) is 210 cm³/mol. The average Bonchev–Trinajstić information content (AvgIpc) is 4.04. The maximum atomic E-state index is 13.9. The third-order valence-corrected chi connectivity index (χ3v) is 11.8. The van der Waals surface area contributed by atoms with Crippen molar-refractivity contribution in [1.29, 1.82) is 0 Å². The number of nitrogens with one attached hydrogen (secondary N) is 3. The fourth-order valence-corrected chi connectivity index (χ4v) is 8.52. The van der Waals surface area contributed by atoms with E-state index in [1.165, 1.54) is 6.26 Å². The van der Waals surface area contributed by atoms with Gasteiger partial charge >= 0.3 is 17.9 Å². The normalized spacial score (nSPS) is 20.8. The minimum atomic E-state index is -0.852. The van der Waals surface area contributed by atoms with Crippen molar-refractivity contribution >= 4 is 23.8 Å². The Bertz CT molecular complexity index is 1800. The molecule has 0 aliphatic carbocycles. The monoisotopic (exact) mass is 788 g/mol. The van der Waals surface area contributed by atoms with Crippen LogP contribution in [0.1, 0.15) is 41.7 Å². The van der Waals surface area contributed by atoms with E-state index in [9.17, 15) is 34.5 Å². The SMILES string of the molecule is O=C(O)[C@@H](Cc1cccc(CC(=O)N(CCOc2cccc(C[C@H](C(=O)O)[C@H]3CCNC3)c2)CCOc2coc(C[C@H](C(=O)O)[C@H]3CCNC3)c2)c1)[C@H]1CCNC1. The van der Waals surface area contributed by atoms with E-state index in [2.05, 4.69) is 16.0 Å². The maximum absolute atomic E-state index is 13.9. The van der Waals surface area contributed by atoms with Gasteiger partial charge in [-0.15, -0.1) is 0 Å². The van der Waals surface area contributed by atoms with Crippen LogP contribution in [0.15, 0.2) is 65.3 Å². The summed E-state index contributed by atoms with van der Waals surface area (Å²) >= 11 is 0. The van der Waals surface area contributed by atoms with Crippen molar-refractivity contribution < 1.29 is 48.4 Å². The van der Waals surface area contributed by atoms with Gasteiger partial charge in [0, 0.05) is 12.5 Å². The number of ether oxygens (including phenoxy) is 2. The molecule has 14 nitrogen and oxygen atoms in total. The highest BCUT2D eigenvalue weighted by molar-refractivity contribution is 5.79. The number of furan rings is 1.